The van der Waals surface area contributed by atoms with E-state index in [1.807, 2.05) is 0 Å². The Morgan fingerprint density at radius 2 is 0.553 bits per heavy atom. The van der Waals surface area contributed by atoms with Crippen LogP contribution < -0.4 is 21.3 Å². The van der Waals surface area contributed by atoms with Crippen LogP contribution in [0.5, 0.6) is 0 Å². The van der Waals surface area contributed by atoms with E-state index in [9.17, 15) is 68.4 Å². The number of carbonyl (C=O) groups is 10. The Hall–Kier alpha value is -8.96. The Kier molecular flexibility index (Phi) is 22.6. The zero-order chi connectivity index (χ0) is 55.0. The maximum atomic E-state index is 14.1. The van der Waals surface area contributed by atoms with Crippen molar-refractivity contribution < 1.29 is 68.4 Å². The fourth-order valence-corrected chi connectivity index (χ4v) is 8.32. The molecule has 406 valence electrons. The van der Waals surface area contributed by atoms with Crippen molar-refractivity contribution in [1.82, 2.24) is 49.3 Å². The highest BCUT2D eigenvalue weighted by Gasteiger charge is 2.25. The van der Waals surface area contributed by atoms with E-state index in [4.69, 9.17) is 0 Å². The summed E-state index contributed by atoms with van der Waals surface area (Å²) >= 11 is 0. The Morgan fingerprint density at radius 1 is 0.355 bits per heavy atom. The average molecular weight is 1050 g/mol. The molecule has 5 rings (SSSR count). The first-order valence-corrected chi connectivity index (χ1v) is 24.7. The number of hydrogen-bond donors (Lipinski definition) is 8. The number of carboxylic acids is 4. The van der Waals surface area contributed by atoms with Crippen molar-refractivity contribution in [2.45, 2.75) is 75.5 Å². The molecule has 0 saturated heterocycles. The standard InChI is InChI=1S/C52H64N10O14/c63-43(17-13-39(49(69)70)57-25-1-2-26-57)53-21-33-61(34-22-54-44(64)18-14-40(50(71)72)58-27-3-4-28-58)47(67)37-9-11-38(12-10-37)48(68)62(35-23-55-45(65)19-15-41(51(73)74)59-29-5-6-30-59)36-24-56-46(66)20-16-42(52(75)76)60-31-7-8-32-60/h1-12,25-32,39-42H,13-24,33-36H2,(H,53,63)(H,54,64)(H,55,65)(H,56,66)(H,69,70)(H,71,72)(H,73,74)(H,75,76)/t39-,40-,41-,42+/m1/s1. The molecular formula is C52H64N10O14. The van der Waals surface area contributed by atoms with Crippen molar-refractivity contribution in [3.05, 3.63) is 133 Å². The molecule has 4 atom stereocenters. The molecule has 6 amide bonds. The van der Waals surface area contributed by atoms with Crippen molar-refractivity contribution in [3.63, 3.8) is 0 Å². The highest BCUT2D eigenvalue weighted by atomic mass is 16.4. The number of nitrogens with one attached hydrogen (secondary N) is 4. The molecule has 4 aromatic heterocycles. The molecule has 0 saturated carbocycles. The smallest absolute Gasteiger partial charge is 0.326 e. The van der Waals surface area contributed by atoms with E-state index in [0.29, 0.717) is 0 Å². The van der Waals surface area contributed by atoms with Gasteiger partial charge in [-0.3, -0.25) is 28.8 Å². The summed E-state index contributed by atoms with van der Waals surface area (Å²) in [5.74, 6) is -7.34. The van der Waals surface area contributed by atoms with Gasteiger partial charge in [-0.15, -0.1) is 0 Å². The third-order valence-corrected chi connectivity index (χ3v) is 12.4. The molecule has 1 aromatic carbocycles. The quantitative estimate of drug-likeness (QED) is 0.0294. The van der Waals surface area contributed by atoms with Gasteiger partial charge in [0.1, 0.15) is 24.2 Å². The second-order valence-electron chi connectivity index (χ2n) is 17.7. The summed E-state index contributed by atoms with van der Waals surface area (Å²) in [6.45, 7) is -0.374. The van der Waals surface area contributed by atoms with Crippen LogP contribution in [-0.4, -0.2) is 160 Å². The minimum absolute atomic E-state index is 0.00206. The van der Waals surface area contributed by atoms with Crippen LogP contribution in [0.4, 0.5) is 0 Å². The van der Waals surface area contributed by atoms with E-state index >= 15 is 0 Å². The lowest BCUT2D eigenvalue weighted by atomic mass is 10.1. The molecule has 0 unspecified atom stereocenters. The van der Waals surface area contributed by atoms with Crippen LogP contribution in [0, 0.1) is 0 Å². The fourth-order valence-electron chi connectivity index (χ4n) is 8.32. The lowest BCUT2D eigenvalue weighted by Crippen LogP contribution is -2.43. The summed E-state index contributed by atoms with van der Waals surface area (Å²) in [4.78, 5) is 130. The molecule has 0 aliphatic heterocycles. The van der Waals surface area contributed by atoms with Gasteiger partial charge in [0.15, 0.2) is 0 Å². The molecule has 24 heteroatoms. The molecule has 0 spiro atoms. The molecular weight excluding hydrogens is 989 g/mol. The lowest BCUT2D eigenvalue weighted by molar-refractivity contribution is -0.142. The summed E-state index contributed by atoms with van der Waals surface area (Å²) in [6.07, 6.45) is 12.1. The monoisotopic (exact) mass is 1050 g/mol. The predicted octanol–water partition coefficient (Wildman–Crippen LogP) is 2.67. The van der Waals surface area contributed by atoms with E-state index in [1.165, 1.54) is 52.3 Å². The number of aliphatic carboxylic acids is 4. The number of benzene rings is 1. The van der Waals surface area contributed by atoms with Crippen molar-refractivity contribution >= 4 is 59.3 Å². The van der Waals surface area contributed by atoms with Crippen molar-refractivity contribution in [2.24, 2.45) is 0 Å². The van der Waals surface area contributed by atoms with Gasteiger partial charge in [-0.1, -0.05) is 0 Å². The number of nitrogens with zero attached hydrogens (tertiary/aromatic N) is 6. The minimum atomic E-state index is -1.11. The molecule has 4 heterocycles. The number of rotatable bonds is 34. The maximum absolute atomic E-state index is 14.1. The number of hydrogen-bond acceptors (Lipinski definition) is 10. The second-order valence-corrected chi connectivity index (χ2v) is 17.7. The van der Waals surface area contributed by atoms with Gasteiger partial charge < -0.3 is 69.8 Å². The second kappa shape index (κ2) is 29.7. The van der Waals surface area contributed by atoms with Gasteiger partial charge in [0.2, 0.25) is 23.6 Å². The van der Waals surface area contributed by atoms with Crippen molar-refractivity contribution in [3.8, 4) is 0 Å². The predicted molar refractivity (Wildman–Crippen MR) is 272 cm³/mol. The Balaban J connectivity index is 1.23. The first-order chi connectivity index (χ1) is 36.5. The molecule has 0 aliphatic carbocycles. The average Bonchev–Trinajstić information content (AvgIpc) is 4.26. The van der Waals surface area contributed by atoms with Gasteiger partial charge in [0.05, 0.1) is 0 Å². The number of carbonyl (C=O) groups excluding carboxylic acids is 6. The maximum Gasteiger partial charge on any atom is 0.326 e. The van der Waals surface area contributed by atoms with Gasteiger partial charge in [0, 0.05) is 139 Å². The Morgan fingerprint density at radius 3 is 0.737 bits per heavy atom. The third-order valence-electron chi connectivity index (χ3n) is 12.4. The highest BCUT2D eigenvalue weighted by Crippen LogP contribution is 2.18. The van der Waals surface area contributed by atoms with Crippen LogP contribution in [0.1, 0.15) is 96.2 Å². The van der Waals surface area contributed by atoms with Crippen LogP contribution in [0.25, 0.3) is 0 Å². The molecule has 76 heavy (non-hydrogen) atoms. The van der Waals surface area contributed by atoms with Crippen LogP contribution in [0.15, 0.2) is 122 Å². The van der Waals surface area contributed by atoms with Gasteiger partial charge in [-0.2, -0.15) is 0 Å². The highest BCUT2D eigenvalue weighted by molar-refractivity contribution is 5.98. The SMILES string of the molecule is O=C(CC[C@H](C(=O)O)n1cccc1)NCCN(CCNC(=O)CC[C@H](C(=O)O)n1cccc1)C(=O)c1ccc(C(=O)N(CCNC(=O)CC[C@H](C(=O)O)n2cccc2)CCNC(=O)CC[C@@H](C(=O)O)n2cccc2)cc1. The fraction of sp³-hybridized carbons (Fsp3) is 0.385. The number of amides is 6. The normalized spacial score (nSPS) is 12.5. The molecule has 0 aliphatic rings. The van der Waals surface area contributed by atoms with Crippen molar-refractivity contribution in [1.29, 1.82) is 0 Å². The zero-order valence-electron chi connectivity index (χ0n) is 41.7. The summed E-state index contributed by atoms with van der Waals surface area (Å²) < 4.78 is 5.92. The van der Waals surface area contributed by atoms with Crippen molar-refractivity contribution in [2.75, 3.05) is 52.4 Å². The molecule has 5 aromatic rings. The molecule has 8 N–H and O–H groups in total. The minimum Gasteiger partial charge on any atom is -0.480 e. The Bertz CT molecular complexity index is 2360. The topological polar surface area (TPSA) is 326 Å². The summed E-state index contributed by atoms with van der Waals surface area (Å²) in [5, 5.41) is 49.7. The summed E-state index contributed by atoms with van der Waals surface area (Å²) in [7, 11) is 0. The summed E-state index contributed by atoms with van der Waals surface area (Å²) in [6, 6.07) is 15.1. The lowest BCUT2D eigenvalue weighted by Gasteiger charge is -2.25. The van der Waals surface area contributed by atoms with Crippen LogP contribution >= 0.6 is 0 Å². The van der Waals surface area contributed by atoms with Crippen LogP contribution in [0.2, 0.25) is 0 Å². The first kappa shape index (κ1) is 57.9. The summed E-state index contributed by atoms with van der Waals surface area (Å²) in [5.41, 5.74) is 0.262. The van der Waals surface area contributed by atoms with E-state index in [2.05, 4.69) is 21.3 Å². The van der Waals surface area contributed by atoms with Crippen LogP contribution in [-0.2, 0) is 38.4 Å². The Labute approximate surface area is 437 Å². The van der Waals surface area contributed by atoms with Gasteiger partial charge in [-0.25, -0.2) is 19.2 Å². The molecule has 24 nitrogen and oxygen atoms in total. The first-order valence-electron chi connectivity index (χ1n) is 24.7. The van der Waals surface area contributed by atoms with Gasteiger partial charge >= 0.3 is 23.9 Å². The van der Waals surface area contributed by atoms with Gasteiger partial charge in [0.25, 0.3) is 11.8 Å². The molecule has 0 fully saturated rings. The van der Waals surface area contributed by atoms with E-state index < -0.39 is 83.5 Å². The van der Waals surface area contributed by atoms with E-state index in [-0.39, 0.29) is 115 Å². The van der Waals surface area contributed by atoms with E-state index in [1.54, 1.807) is 98.1 Å². The molecule has 0 radical (unpaired) electrons. The largest absolute Gasteiger partial charge is 0.480 e. The van der Waals surface area contributed by atoms with Crippen LogP contribution in [0.3, 0.4) is 0 Å². The van der Waals surface area contributed by atoms with Gasteiger partial charge in [-0.05, 0) is 98.5 Å². The number of aromatic nitrogens is 4. The van der Waals surface area contributed by atoms with E-state index in [0.717, 1.165) is 0 Å². The third kappa shape index (κ3) is 18.2. The zero-order valence-corrected chi connectivity index (χ0v) is 41.7. The molecule has 0 bridgehead atoms. The number of carboxylic acid groups (broad SMARTS) is 4.